The first-order chi connectivity index (χ1) is 14.9. The van der Waals surface area contributed by atoms with Crippen LogP contribution in [0.25, 0.3) is 0 Å². The molecule has 0 aliphatic heterocycles. The summed E-state index contributed by atoms with van der Waals surface area (Å²) in [5.41, 5.74) is 0. The van der Waals surface area contributed by atoms with Crippen LogP contribution in [0.15, 0.2) is 0 Å². The molecule has 0 rings (SSSR count). The quantitative estimate of drug-likeness (QED) is 0.200. The van der Waals surface area contributed by atoms with Crippen molar-refractivity contribution >= 4 is 17.0 Å². The first-order valence-corrected chi connectivity index (χ1v) is 14.4. The fourth-order valence-corrected chi connectivity index (χ4v) is 22.7. The first-order valence-electron chi connectivity index (χ1n) is 7.22. The van der Waals surface area contributed by atoms with E-state index in [9.17, 15) is 110 Å². The van der Waals surface area contributed by atoms with E-state index in [4.69, 9.17) is 0 Å². The molecule has 0 aromatic rings. The van der Waals surface area contributed by atoms with Gasteiger partial charge in [-0.05, 0) is 0 Å². The van der Waals surface area contributed by atoms with Gasteiger partial charge in [0.1, 0.15) is 0 Å². The maximum atomic E-state index is 14.1. The number of alkyl halides is 25. The zero-order valence-electron chi connectivity index (χ0n) is 14.9. The number of hydrogen-bond acceptors (Lipinski definition) is 0. The normalized spacial score (nSPS) is 18.2. The molecule has 0 unspecified atom stereocenters. The SMILES string of the molecule is FC(F)(F)[C](F)(F)[Sn-]([C](F)(F)C(F)(F)F)([C](F)(F)C(F)(F)F)([C](F)(F)C(F)(F)F)[C](F)(F)C(F)(F)F. The van der Waals surface area contributed by atoms with Crippen molar-refractivity contribution in [3.63, 3.8) is 0 Å². The Morgan fingerprint density at radius 2 is 0.278 bits per heavy atom. The molecule has 0 aromatic heterocycles. The third-order valence-corrected chi connectivity index (χ3v) is 26.9. The summed E-state index contributed by atoms with van der Waals surface area (Å²) in [5.74, 6) is 0. The summed E-state index contributed by atoms with van der Waals surface area (Å²) in [4.78, 5) is 0. The Kier molecular flexibility index (Phi) is 7.59. The minimum absolute atomic E-state index is 9.62. The van der Waals surface area contributed by atoms with E-state index in [0.717, 1.165) is 0 Å². The van der Waals surface area contributed by atoms with Gasteiger partial charge in [-0.2, -0.15) is 0 Å². The molecule has 0 heterocycles. The molecule has 0 nitrogen and oxygen atoms in total. The average Bonchev–Trinajstić information content (AvgIpc) is 2.48. The van der Waals surface area contributed by atoms with Crippen LogP contribution in [0.3, 0.4) is 0 Å². The molecule has 0 fully saturated rings. The van der Waals surface area contributed by atoms with Gasteiger partial charge in [-0.25, -0.2) is 0 Å². The van der Waals surface area contributed by atoms with E-state index >= 15 is 0 Å². The molecular weight excluding hydrogens is 714 g/mol. The summed E-state index contributed by atoms with van der Waals surface area (Å²) in [6.07, 6.45) is -48.1. The van der Waals surface area contributed by atoms with Crippen LogP contribution in [0.2, 0.25) is 0 Å². The van der Waals surface area contributed by atoms with Gasteiger partial charge in [0.2, 0.25) is 0 Å². The Labute approximate surface area is 178 Å². The van der Waals surface area contributed by atoms with E-state index in [1.165, 1.54) is 0 Å². The second-order valence-electron chi connectivity index (χ2n) is 6.61. The molecule has 0 N–H and O–H groups in total. The van der Waals surface area contributed by atoms with Crippen molar-refractivity contribution in [2.75, 3.05) is 0 Å². The van der Waals surface area contributed by atoms with Gasteiger partial charge in [0.25, 0.3) is 0 Å². The van der Waals surface area contributed by atoms with Crippen molar-refractivity contribution in [1.82, 2.24) is 0 Å². The van der Waals surface area contributed by atoms with Crippen LogP contribution < -0.4 is 0 Å². The summed E-state index contributed by atoms with van der Waals surface area (Å²) in [5, 5.41) is 0. The van der Waals surface area contributed by atoms with E-state index in [1.54, 1.807) is 0 Å². The molecule has 0 radical (unpaired) electrons. The third-order valence-electron chi connectivity index (χ3n) is 4.92. The van der Waals surface area contributed by atoms with Gasteiger partial charge < -0.3 is 0 Å². The van der Waals surface area contributed by atoms with E-state index in [2.05, 4.69) is 0 Å². The summed E-state index contributed by atoms with van der Waals surface area (Å²) < 4.78 is 278. The standard InChI is InChI=1S/5C2F5.Sn/c5*3-1(4)2(5,6)7;/q;;;;;-1. The number of halogens is 25. The molecule has 0 amide bonds. The number of rotatable bonds is 5. The Morgan fingerprint density at radius 1 is 0.194 bits per heavy atom. The summed E-state index contributed by atoms with van der Waals surface area (Å²) >= 11 is -17.1. The molecule has 0 aliphatic carbocycles. The van der Waals surface area contributed by atoms with Crippen molar-refractivity contribution in [3.8, 4) is 0 Å². The van der Waals surface area contributed by atoms with E-state index in [1.807, 2.05) is 0 Å². The van der Waals surface area contributed by atoms with E-state index < -0.39 is 67.6 Å². The van der Waals surface area contributed by atoms with Crippen LogP contribution in [0.1, 0.15) is 0 Å². The molecule has 0 bridgehead atoms. The van der Waals surface area contributed by atoms with Crippen LogP contribution in [-0.2, 0) is 0 Å². The fourth-order valence-electron chi connectivity index (χ4n) is 3.39. The Balaban J connectivity index is 10.0. The van der Waals surface area contributed by atoms with Crippen molar-refractivity contribution in [2.24, 2.45) is 0 Å². The van der Waals surface area contributed by atoms with Gasteiger partial charge in [-0.1, -0.05) is 0 Å². The summed E-state index contributed by atoms with van der Waals surface area (Å²) in [6.45, 7) is 0. The molecule has 0 spiro atoms. The molecule has 26 heteroatoms. The van der Waals surface area contributed by atoms with Crippen molar-refractivity contribution in [2.45, 2.75) is 50.6 Å². The van der Waals surface area contributed by atoms with Crippen molar-refractivity contribution in [3.05, 3.63) is 0 Å². The van der Waals surface area contributed by atoms with Crippen LogP contribution in [0.5, 0.6) is 0 Å². The van der Waals surface area contributed by atoms with E-state index in [0.29, 0.717) is 0 Å². The predicted octanol–water partition coefficient (Wildman–Crippen LogP) is 8.07. The molecule has 0 aliphatic rings. The minimum atomic E-state index is -17.1. The summed E-state index contributed by atoms with van der Waals surface area (Å²) in [6, 6.07) is 0. The van der Waals surface area contributed by atoms with E-state index in [-0.39, 0.29) is 0 Å². The van der Waals surface area contributed by atoms with Crippen LogP contribution in [-0.4, -0.2) is 67.6 Å². The predicted molar refractivity (Wildman–Crippen MR) is 60.8 cm³/mol. The Bertz CT molecular complexity index is 655. The molecule has 0 aromatic carbocycles. The second-order valence-corrected chi connectivity index (χ2v) is 22.7. The molecule has 0 saturated carbocycles. The third kappa shape index (κ3) is 3.14. The molecule has 220 valence electrons. The van der Waals surface area contributed by atoms with Crippen LogP contribution >= 0.6 is 0 Å². The molecule has 0 saturated heterocycles. The monoisotopic (exact) mass is 715 g/mol. The van der Waals surface area contributed by atoms with Gasteiger partial charge in [0.05, 0.1) is 0 Å². The Hall–Kier alpha value is -0.951. The fraction of sp³-hybridized carbons (Fsp3) is 1.00. The van der Waals surface area contributed by atoms with Crippen LogP contribution in [0, 0.1) is 0 Å². The van der Waals surface area contributed by atoms with Gasteiger partial charge >= 0.3 is 177 Å². The Morgan fingerprint density at radius 3 is 0.333 bits per heavy atom. The maximum absolute atomic E-state index is 17.1. The molecular formula is C10F25Sn-. The number of hydrogen-bond donors (Lipinski definition) is 0. The summed E-state index contributed by atoms with van der Waals surface area (Å²) in [7, 11) is 0. The zero-order chi connectivity index (χ0) is 30.4. The second kappa shape index (κ2) is 7.80. The zero-order valence-corrected chi connectivity index (χ0v) is 17.8. The average molecular weight is 714 g/mol. The molecule has 36 heavy (non-hydrogen) atoms. The molecule has 0 atom stereocenters. The van der Waals surface area contributed by atoms with Crippen molar-refractivity contribution in [1.29, 1.82) is 0 Å². The van der Waals surface area contributed by atoms with Crippen LogP contribution in [0.4, 0.5) is 110 Å². The van der Waals surface area contributed by atoms with Gasteiger partial charge in [0, 0.05) is 0 Å². The van der Waals surface area contributed by atoms with Gasteiger partial charge in [-0.15, -0.1) is 0 Å². The van der Waals surface area contributed by atoms with Gasteiger partial charge in [-0.3, -0.25) is 0 Å². The van der Waals surface area contributed by atoms with Crippen molar-refractivity contribution < 1.29 is 110 Å². The topological polar surface area (TPSA) is 0 Å². The first kappa shape index (κ1) is 35.0. The van der Waals surface area contributed by atoms with Gasteiger partial charge in [0.15, 0.2) is 0 Å².